The van der Waals surface area contributed by atoms with Crippen LogP contribution in [0.2, 0.25) is 0 Å². The number of carbonyl (C=O) groups excluding carboxylic acids is 2. The smallest absolute Gasteiger partial charge is 0.134 e. The number of hydrogen-bond donors (Lipinski definition) is 0. The van der Waals surface area contributed by atoms with Crippen LogP contribution < -0.4 is 0 Å². The van der Waals surface area contributed by atoms with Crippen molar-refractivity contribution in [2.75, 3.05) is 0 Å². The Morgan fingerprint density at radius 1 is 0.696 bits per heavy atom. The molecule has 0 saturated heterocycles. The number of rotatable bonds is 5. The van der Waals surface area contributed by atoms with Crippen molar-refractivity contribution >= 4 is 12.6 Å². The molecule has 1 heterocycles. The minimum absolute atomic E-state index is 0.655. The lowest BCUT2D eigenvalue weighted by molar-refractivity contribution is -0.116. The largest absolute Gasteiger partial charge is 0.302 e. The summed E-state index contributed by atoms with van der Waals surface area (Å²) in [6.45, 7) is 0. The monoisotopic (exact) mass is 301 g/mol. The number of pyridine rings is 1. The van der Waals surface area contributed by atoms with Gasteiger partial charge in [0.15, 0.2) is 0 Å². The molecule has 1 aromatic heterocycles. The molecule has 2 aromatic carbocycles. The van der Waals surface area contributed by atoms with E-state index in [1.165, 1.54) is 0 Å². The van der Waals surface area contributed by atoms with Crippen LogP contribution in [0, 0.1) is 0 Å². The minimum atomic E-state index is -0.775. The maximum Gasteiger partial charge on any atom is 0.134 e. The second-order valence-electron chi connectivity index (χ2n) is 5.20. The molecular formula is C20H15NO2. The number of benzene rings is 2. The predicted octanol–water partition coefficient (Wildman–Crippen LogP) is 3.90. The highest BCUT2D eigenvalue weighted by atomic mass is 16.1. The number of aromatic nitrogens is 1. The van der Waals surface area contributed by atoms with Crippen LogP contribution in [-0.4, -0.2) is 17.6 Å². The fourth-order valence-electron chi connectivity index (χ4n) is 2.45. The third-order valence-corrected chi connectivity index (χ3v) is 3.66. The molecule has 3 heteroatoms. The predicted molar refractivity (Wildman–Crippen MR) is 90.0 cm³/mol. The molecule has 112 valence electrons. The van der Waals surface area contributed by atoms with Crippen LogP contribution in [0.1, 0.15) is 11.5 Å². The first-order valence-electron chi connectivity index (χ1n) is 7.35. The van der Waals surface area contributed by atoms with Crippen LogP contribution in [-0.2, 0) is 9.59 Å². The standard InChI is InChI=1S/C20H15NO2/c22-13-18(14-23)17-11-19(15-7-3-1-4-8-15)21-20(12-17)16-9-5-2-6-10-16/h1-14,18H. The van der Waals surface area contributed by atoms with Gasteiger partial charge in [0.1, 0.15) is 12.6 Å². The van der Waals surface area contributed by atoms with E-state index in [2.05, 4.69) is 0 Å². The zero-order chi connectivity index (χ0) is 16.1. The summed E-state index contributed by atoms with van der Waals surface area (Å²) in [5.74, 6) is -0.775. The summed E-state index contributed by atoms with van der Waals surface area (Å²) < 4.78 is 0. The van der Waals surface area contributed by atoms with Gasteiger partial charge in [-0.2, -0.15) is 0 Å². The number of nitrogens with zero attached hydrogens (tertiary/aromatic N) is 1. The molecule has 23 heavy (non-hydrogen) atoms. The molecule has 0 atom stereocenters. The molecule has 3 aromatic rings. The Labute approximate surface area is 134 Å². The molecule has 3 rings (SSSR count). The topological polar surface area (TPSA) is 47.0 Å². The maximum atomic E-state index is 11.2. The third kappa shape index (κ3) is 3.24. The van der Waals surface area contributed by atoms with Crippen molar-refractivity contribution in [1.29, 1.82) is 0 Å². The van der Waals surface area contributed by atoms with Gasteiger partial charge in [0.2, 0.25) is 0 Å². The van der Waals surface area contributed by atoms with E-state index in [-0.39, 0.29) is 0 Å². The van der Waals surface area contributed by atoms with Crippen molar-refractivity contribution < 1.29 is 9.59 Å². The summed E-state index contributed by atoms with van der Waals surface area (Å²) in [7, 11) is 0. The molecule has 0 N–H and O–H groups in total. The Balaban J connectivity index is 2.18. The first-order chi connectivity index (χ1) is 11.3. The van der Waals surface area contributed by atoms with Gasteiger partial charge >= 0.3 is 0 Å². The molecule has 0 aliphatic carbocycles. The highest BCUT2D eigenvalue weighted by Crippen LogP contribution is 2.27. The zero-order valence-corrected chi connectivity index (χ0v) is 12.4. The van der Waals surface area contributed by atoms with E-state index in [0.717, 1.165) is 22.5 Å². The molecule has 0 saturated carbocycles. The zero-order valence-electron chi connectivity index (χ0n) is 12.4. The molecule has 0 spiro atoms. The average Bonchev–Trinajstić information content (AvgIpc) is 2.64. The second kappa shape index (κ2) is 6.79. The van der Waals surface area contributed by atoms with Crippen molar-refractivity contribution in [1.82, 2.24) is 4.98 Å². The summed E-state index contributed by atoms with van der Waals surface area (Å²) in [5, 5.41) is 0. The van der Waals surface area contributed by atoms with Gasteiger partial charge in [-0.3, -0.25) is 0 Å². The Hall–Kier alpha value is -3.07. The van der Waals surface area contributed by atoms with Gasteiger partial charge in [-0.15, -0.1) is 0 Å². The van der Waals surface area contributed by atoms with Gasteiger partial charge in [-0.25, -0.2) is 4.98 Å². The van der Waals surface area contributed by atoms with E-state index in [4.69, 9.17) is 4.98 Å². The van der Waals surface area contributed by atoms with E-state index >= 15 is 0 Å². The van der Waals surface area contributed by atoms with Crippen LogP contribution in [0.15, 0.2) is 72.8 Å². The van der Waals surface area contributed by atoms with Gasteiger partial charge in [-0.05, 0) is 17.7 Å². The molecule has 0 aliphatic rings. The molecule has 0 amide bonds. The molecular weight excluding hydrogens is 286 g/mol. The molecule has 3 nitrogen and oxygen atoms in total. The van der Waals surface area contributed by atoms with Crippen molar-refractivity contribution in [3.05, 3.63) is 78.4 Å². The summed E-state index contributed by atoms with van der Waals surface area (Å²) in [5.41, 5.74) is 4.04. The number of hydrogen-bond acceptors (Lipinski definition) is 3. The fourth-order valence-corrected chi connectivity index (χ4v) is 2.45. The number of aldehydes is 2. The fraction of sp³-hybridized carbons (Fsp3) is 0.0500. The van der Waals surface area contributed by atoms with Crippen LogP contribution in [0.3, 0.4) is 0 Å². The summed E-state index contributed by atoms with van der Waals surface area (Å²) in [6, 6.07) is 23.0. The molecule has 0 unspecified atom stereocenters. The molecule has 0 fully saturated rings. The lowest BCUT2D eigenvalue weighted by Crippen LogP contribution is -2.03. The highest BCUT2D eigenvalue weighted by Gasteiger charge is 2.14. The summed E-state index contributed by atoms with van der Waals surface area (Å²) in [6.07, 6.45) is 1.32. The Kier molecular flexibility index (Phi) is 4.39. The van der Waals surface area contributed by atoms with E-state index < -0.39 is 5.92 Å². The van der Waals surface area contributed by atoms with Gasteiger partial charge in [-0.1, -0.05) is 60.7 Å². The highest BCUT2D eigenvalue weighted by molar-refractivity contribution is 5.86. The Morgan fingerprint density at radius 3 is 1.52 bits per heavy atom. The summed E-state index contributed by atoms with van der Waals surface area (Å²) in [4.78, 5) is 27.1. The van der Waals surface area contributed by atoms with Crippen LogP contribution in [0.5, 0.6) is 0 Å². The van der Waals surface area contributed by atoms with E-state index in [9.17, 15) is 9.59 Å². The van der Waals surface area contributed by atoms with Gasteiger partial charge in [0.05, 0.1) is 17.3 Å². The number of carbonyl (C=O) groups is 2. The lowest BCUT2D eigenvalue weighted by Gasteiger charge is -2.11. The van der Waals surface area contributed by atoms with Gasteiger partial charge < -0.3 is 9.59 Å². The molecule has 0 bridgehead atoms. The van der Waals surface area contributed by atoms with E-state index in [1.807, 2.05) is 60.7 Å². The normalized spacial score (nSPS) is 10.5. The first kappa shape index (κ1) is 14.9. The van der Waals surface area contributed by atoms with Crippen molar-refractivity contribution in [2.24, 2.45) is 0 Å². The van der Waals surface area contributed by atoms with E-state index in [0.29, 0.717) is 18.1 Å². The van der Waals surface area contributed by atoms with Crippen LogP contribution in [0.25, 0.3) is 22.5 Å². The van der Waals surface area contributed by atoms with Crippen molar-refractivity contribution in [3.8, 4) is 22.5 Å². The average molecular weight is 301 g/mol. The maximum absolute atomic E-state index is 11.2. The lowest BCUT2D eigenvalue weighted by atomic mass is 9.97. The third-order valence-electron chi connectivity index (χ3n) is 3.66. The quantitative estimate of drug-likeness (QED) is 0.530. The van der Waals surface area contributed by atoms with Crippen molar-refractivity contribution in [2.45, 2.75) is 5.92 Å². The van der Waals surface area contributed by atoms with Gasteiger partial charge in [0, 0.05) is 11.1 Å². The van der Waals surface area contributed by atoms with Gasteiger partial charge in [0.25, 0.3) is 0 Å². The molecule has 0 radical (unpaired) electrons. The van der Waals surface area contributed by atoms with E-state index in [1.54, 1.807) is 12.1 Å². The van der Waals surface area contributed by atoms with Crippen LogP contribution in [0.4, 0.5) is 0 Å². The second-order valence-corrected chi connectivity index (χ2v) is 5.20. The Bertz CT molecular complexity index is 748. The minimum Gasteiger partial charge on any atom is -0.302 e. The SMILES string of the molecule is O=CC(C=O)c1cc(-c2ccccc2)nc(-c2ccccc2)c1. The summed E-state index contributed by atoms with van der Waals surface area (Å²) >= 11 is 0. The first-order valence-corrected chi connectivity index (χ1v) is 7.35. The molecule has 0 aliphatic heterocycles. The van der Waals surface area contributed by atoms with Crippen LogP contribution >= 0.6 is 0 Å². The van der Waals surface area contributed by atoms with Crippen molar-refractivity contribution in [3.63, 3.8) is 0 Å². The Morgan fingerprint density at radius 2 is 1.13 bits per heavy atom.